The summed E-state index contributed by atoms with van der Waals surface area (Å²) in [7, 11) is 0. The summed E-state index contributed by atoms with van der Waals surface area (Å²) in [6.45, 7) is -0.126. The van der Waals surface area contributed by atoms with Crippen molar-refractivity contribution in [3.63, 3.8) is 0 Å². The van der Waals surface area contributed by atoms with E-state index in [1.165, 1.54) is 0 Å². The summed E-state index contributed by atoms with van der Waals surface area (Å²) >= 11 is 0. The highest BCUT2D eigenvalue weighted by Crippen LogP contribution is 2.07. The van der Waals surface area contributed by atoms with Crippen LogP contribution >= 0.6 is 0 Å². The van der Waals surface area contributed by atoms with Crippen LogP contribution in [0.15, 0.2) is 48.8 Å². The third kappa shape index (κ3) is 4.57. The lowest BCUT2D eigenvalue weighted by Crippen LogP contribution is -1.94. The minimum Gasteiger partial charge on any atom is -0.392 e. The van der Waals surface area contributed by atoms with Crippen LogP contribution in [0.1, 0.15) is 28.1 Å². The first-order valence-electron chi connectivity index (χ1n) is 7.71. The Balaban J connectivity index is 1.90. The molecule has 0 radical (unpaired) electrons. The summed E-state index contributed by atoms with van der Waals surface area (Å²) in [6, 6.07) is 10.3. The van der Waals surface area contributed by atoms with Gasteiger partial charge in [0.15, 0.2) is 0 Å². The van der Waals surface area contributed by atoms with Gasteiger partial charge in [-0.15, -0.1) is 0 Å². The van der Waals surface area contributed by atoms with E-state index in [2.05, 4.69) is 38.6 Å². The topological polar surface area (TPSA) is 111 Å². The molecule has 3 heterocycles. The Bertz CT molecular complexity index is 954. The molecule has 6 nitrogen and oxygen atoms in total. The first-order chi connectivity index (χ1) is 12.6. The lowest BCUT2D eigenvalue weighted by Gasteiger charge is -1.99. The number of aliphatic hydroxyl groups excluding tert-OH is 1. The number of nitrogen functional groups attached to an aromatic ring is 2. The Kier molecular flexibility index (Phi) is 5.09. The molecule has 0 aliphatic carbocycles. The number of nitrogens with zero attached hydrogens (tertiary/aromatic N) is 3. The minimum absolute atomic E-state index is 0.126. The molecule has 0 amide bonds. The van der Waals surface area contributed by atoms with Gasteiger partial charge >= 0.3 is 0 Å². The van der Waals surface area contributed by atoms with Gasteiger partial charge in [0.1, 0.15) is 23.0 Å². The van der Waals surface area contributed by atoms with E-state index in [9.17, 15) is 5.11 Å². The monoisotopic (exact) mass is 341 g/mol. The Morgan fingerprint density at radius 1 is 0.769 bits per heavy atom. The molecule has 6 heteroatoms. The molecular formula is C20H15N5O. The van der Waals surface area contributed by atoms with Gasteiger partial charge in [0.05, 0.1) is 6.61 Å². The zero-order chi connectivity index (χ0) is 18.4. The van der Waals surface area contributed by atoms with Crippen LogP contribution in [-0.2, 0) is 6.61 Å². The van der Waals surface area contributed by atoms with E-state index in [0.717, 1.165) is 11.1 Å². The molecule has 0 saturated heterocycles. The molecule has 0 unspecified atom stereocenters. The molecule has 126 valence electrons. The lowest BCUT2D eigenvalue weighted by molar-refractivity contribution is 0.281. The van der Waals surface area contributed by atoms with E-state index >= 15 is 0 Å². The number of aliphatic hydroxyl groups is 1. The van der Waals surface area contributed by atoms with Crippen LogP contribution in [0.2, 0.25) is 0 Å². The van der Waals surface area contributed by atoms with E-state index in [4.69, 9.17) is 11.5 Å². The summed E-state index contributed by atoms with van der Waals surface area (Å²) in [6.07, 6.45) is 3.18. The van der Waals surface area contributed by atoms with Crippen LogP contribution in [0.5, 0.6) is 0 Å². The van der Waals surface area contributed by atoms with Gasteiger partial charge in [-0.1, -0.05) is 11.8 Å². The summed E-state index contributed by atoms with van der Waals surface area (Å²) < 4.78 is 0. The normalized spacial score (nSPS) is 9.58. The van der Waals surface area contributed by atoms with Crippen LogP contribution in [0, 0.1) is 23.7 Å². The molecule has 5 N–H and O–H groups in total. The molecule has 0 saturated carbocycles. The standard InChI is InChI=1S/C20H15N5O/c21-19-7-3-14(11-23-19)1-5-17-9-16(13-26)10-18(25-17)6-2-15-4-8-20(22)24-12-15/h3-4,7-12,26H,13H2,(H2,21,23)(H2,22,24). The Morgan fingerprint density at radius 2 is 1.27 bits per heavy atom. The molecule has 3 aromatic heterocycles. The van der Waals surface area contributed by atoms with Crippen molar-refractivity contribution in [2.24, 2.45) is 0 Å². The largest absolute Gasteiger partial charge is 0.392 e. The fraction of sp³-hybridized carbons (Fsp3) is 0.0500. The van der Waals surface area contributed by atoms with Crippen molar-refractivity contribution in [2.75, 3.05) is 11.5 Å². The average Bonchev–Trinajstić information content (AvgIpc) is 2.67. The maximum absolute atomic E-state index is 9.45. The minimum atomic E-state index is -0.126. The second kappa shape index (κ2) is 7.80. The van der Waals surface area contributed by atoms with Crippen molar-refractivity contribution in [1.29, 1.82) is 0 Å². The second-order valence-corrected chi connectivity index (χ2v) is 5.35. The first kappa shape index (κ1) is 17.0. The van der Waals surface area contributed by atoms with Crippen molar-refractivity contribution in [3.05, 3.63) is 76.9 Å². The van der Waals surface area contributed by atoms with Crippen LogP contribution in [0.4, 0.5) is 11.6 Å². The van der Waals surface area contributed by atoms with Crippen molar-refractivity contribution < 1.29 is 5.11 Å². The van der Waals surface area contributed by atoms with Gasteiger partial charge < -0.3 is 16.6 Å². The zero-order valence-electron chi connectivity index (χ0n) is 13.8. The number of pyridine rings is 3. The van der Waals surface area contributed by atoms with Crippen LogP contribution in [0.25, 0.3) is 0 Å². The second-order valence-electron chi connectivity index (χ2n) is 5.35. The summed E-state index contributed by atoms with van der Waals surface area (Å²) in [5, 5.41) is 9.45. The lowest BCUT2D eigenvalue weighted by atomic mass is 10.2. The zero-order valence-corrected chi connectivity index (χ0v) is 13.8. The number of hydrogen-bond donors (Lipinski definition) is 3. The highest BCUT2D eigenvalue weighted by Gasteiger charge is 1.99. The number of anilines is 2. The number of hydrogen-bond acceptors (Lipinski definition) is 6. The smallest absolute Gasteiger partial charge is 0.123 e. The van der Waals surface area contributed by atoms with Crippen LogP contribution in [0.3, 0.4) is 0 Å². The Hall–Kier alpha value is -3.87. The van der Waals surface area contributed by atoms with Gasteiger partial charge in [-0.25, -0.2) is 15.0 Å². The van der Waals surface area contributed by atoms with E-state index in [-0.39, 0.29) is 6.61 Å². The fourth-order valence-electron chi connectivity index (χ4n) is 2.04. The molecule has 0 aliphatic rings. The first-order valence-corrected chi connectivity index (χ1v) is 7.71. The Morgan fingerprint density at radius 3 is 1.65 bits per heavy atom. The number of rotatable bonds is 1. The van der Waals surface area contributed by atoms with Gasteiger partial charge in [-0.3, -0.25) is 0 Å². The molecular weight excluding hydrogens is 326 g/mol. The third-order valence-corrected chi connectivity index (χ3v) is 3.31. The van der Waals surface area contributed by atoms with E-state index < -0.39 is 0 Å². The maximum Gasteiger partial charge on any atom is 0.123 e. The van der Waals surface area contributed by atoms with E-state index in [0.29, 0.717) is 28.6 Å². The highest BCUT2D eigenvalue weighted by molar-refractivity contribution is 5.46. The highest BCUT2D eigenvalue weighted by atomic mass is 16.3. The molecule has 0 spiro atoms. The van der Waals surface area contributed by atoms with Crippen LogP contribution < -0.4 is 11.5 Å². The quantitative estimate of drug-likeness (QED) is 0.576. The SMILES string of the molecule is Nc1ccc(C#Cc2cc(CO)cc(C#Cc3ccc(N)nc3)n2)cn1. The molecule has 0 aliphatic heterocycles. The van der Waals surface area contributed by atoms with Gasteiger partial charge in [-0.05, 0) is 53.8 Å². The fourth-order valence-corrected chi connectivity index (χ4v) is 2.04. The molecule has 3 rings (SSSR count). The van der Waals surface area contributed by atoms with E-state index in [1.54, 1.807) is 48.8 Å². The number of aromatic nitrogens is 3. The predicted octanol–water partition coefficient (Wildman–Crippen LogP) is 1.33. The molecule has 0 bridgehead atoms. The molecule has 3 aromatic rings. The molecule has 0 fully saturated rings. The van der Waals surface area contributed by atoms with Gasteiger partial charge in [0, 0.05) is 23.5 Å². The van der Waals surface area contributed by atoms with Crippen LogP contribution in [-0.4, -0.2) is 20.1 Å². The Labute approximate surface area is 151 Å². The van der Waals surface area contributed by atoms with E-state index in [1.807, 2.05) is 0 Å². The molecule has 26 heavy (non-hydrogen) atoms. The molecule has 0 aromatic carbocycles. The van der Waals surface area contributed by atoms with Gasteiger partial charge in [0.25, 0.3) is 0 Å². The van der Waals surface area contributed by atoms with Crippen molar-refractivity contribution in [1.82, 2.24) is 15.0 Å². The number of nitrogens with two attached hydrogens (primary N) is 2. The average molecular weight is 341 g/mol. The summed E-state index contributed by atoms with van der Waals surface area (Å²) in [4.78, 5) is 12.4. The maximum atomic E-state index is 9.45. The van der Waals surface area contributed by atoms with Crippen molar-refractivity contribution >= 4 is 11.6 Å². The predicted molar refractivity (Wildman–Crippen MR) is 99.4 cm³/mol. The summed E-state index contributed by atoms with van der Waals surface area (Å²) in [5.74, 6) is 12.7. The molecule has 0 atom stereocenters. The summed E-state index contributed by atoms with van der Waals surface area (Å²) in [5.41, 5.74) is 14.2. The van der Waals surface area contributed by atoms with Crippen molar-refractivity contribution in [3.8, 4) is 23.7 Å². The van der Waals surface area contributed by atoms with Gasteiger partial charge in [-0.2, -0.15) is 0 Å². The van der Waals surface area contributed by atoms with Gasteiger partial charge in [0.2, 0.25) is 0 Å². The van der Waals surface area contributed by atoms with Crippen molar-refractivity contribution in [2.45, 2.75) is 6.61 Å². The third-order valence-electron chi connectivity index (χ3n) is 3.31.